The van der Waals surface area contributed by atoms with Crippen molar-refractivity contribution in [2.45, 2.75) is 32.6 Å². The SMILES string of the molecule is CC[C@@]1(CO)CCC[N+]2=C1c1[nH]c3ccccc3c1CC2. The van der Waals surface area contributed by atoms with Crippen molar-refractivity contribution in [2.75, 3.05) is 19.7 Å². The topological polar surface area (TPSA) is 39.0 Å². The van der Waals surface area contributed by atoms with Gasteiger partial charge in [0.2, 0.25) is 5.71 Å². The minimum Gasteiger partial charge on any atom is -0.395 e. The molecule has 0 saturated carbocycles. The zero-order valence-electron chi connectivity index (χ0n) is 12.7. The van der Waals surface area contributed by atoms with Gasteiger partial charge in [-0.1, -0.05) is 25.1 Å². The number of fused-ring (bicyclic) bond motifs is 4. The summed E-state index contributed by atoms with van der Waals surface area (Å²) in [6, 6.07) is 8.59. The van der Waals surface area contributed by atoms with Gasteiger partial charge >= 0.3 is 0 Å². The van der Waals surface area contributed by atoms with E-state index in [0.717, 1.165) is 32.4 Å². The highest BCUT2D eigenvalue weighted by molar-refractivity contribution is 6.06. The van der Waals surface area contributed by atoms with E-state index in [4.69, 9.17) is 0 Å². The van der Waals surface area contributed by atoms with Gasteiger partial charge in [-0.25, -0.2) is 4.58 Å². The van der Waals surface area contributed by atoms with Crippen LogP contribution in [0.2, 0.25) is 0 Å². The summed E-state index contributed by atoms with van der Waals surface area (Å²) in [7, 11) is 0. The third-order valence-electron chi connectivity index (χ3n) is 5.56. The van der Waals surface area contributed by atoms with Crippen molar-refractivity contribution in [3.63, 3.8) is 0 Å². The van der Waals surface area contributed by atoms with Gasteiger partial charge in [-0.2, -0.15) is 0 Å². The van der Waals surface area contributed by atoms with Crippen LogP contribution in [0.1, 0.15) is 37.4 Å². The van der Waals surface area contributed by atoms with Gasteiger partial charge in [0.15, 0.2) is 0 Å². The second-order valence-electron chi connectivity index (χ2n) is 6.51. The van der Waals surface area contributed by atoms with E-state index in [2.05, 4.69) is 40.7 Å². The van der Waals surface area contributed by atoms with Crippen LogP contribution < -0.4 is 0 Å². The molecule has 1 aromatic carbocycles. The van der Waals surface area contributed by atoms with Crippen LogP contribution in [0.5, 0.6) is 0 Å². The third-order valence-corrected chi connectivity index (χ3v) is 5.56. The molecule has 110 valence electrons. The Bertz CT molecular complexity index is 722. The Morgan fingerprint density at radius 1 is 1.29 bits per heavy atom. The van der Waals surface area contributed by atoms with E-state index < -0.39 is 0 Å². The van der Waals surface area contributed by atoms with Crippen LogP contribution in [-0.2, 0) is 6.42 Å². The van der Waals surface area contributed by atoms with Crippen molar-refractivity contribution in [3.8, 4) is 0 Å². The van der Waals surface area contributed by atoms with E-state index in [1.807, 2.05) is 0 Å². The molecule has 0 saturated heterocycles. The molecule has 4 rings (SSSR count). The van der Waals surface area contributed by atoms with Crippen LogP contribution in [0.3, 0.4) is 0 Å². The second kappa shape index (κ2) is 4.70. The number of aliphatic hydroxyl groups excluding tert-OH is 1. The van der Waals surface area contributed by atoms with Crippen LogP contribution in [0.25, 0.3) is 10.9 Å². The smallest absolute Gasteiger partial charge is 0.208 e. The summed E-state index contributed by atoms with van der Waals surface area (Å²) in [5.41, 5.74) is 5.28. The largest absolute Gasteiger partial charge is 0.395 e. The van der Waals surface area contributed by atoms with Gasteiger partial charge in [0.25, 0.3) is 0 Å². The van der Waals surface area contributed by atoms with E-state index in [0.29, 0.717) is 0 Å². The molecule has 2 aromatic rings. The molecule has 0 bridgehead atoms. The Labute approximate surface area is 125 Å². The maximum Gasteiger partial charge on any atom is 0.208 e. The van der Waals surface area contributed by atoms with E-state index in [1.54, 1.807) is 0 Å². The molecule has 2 aliphatic heterocycles. The fraction of sp³-hybridized carbons (Fsp3) is 0.500. The van der Waals surface area contributed by atoms with Gasteiger partial charge in [0.1, 0.15) is 18.8 Å². The first-order valence-corrected chi connectivity index (χ1v) is 8.12. The van der Waals surface area contributed by atoms with Gasteiger partial charge in [-0.15, -0.1) is 0 Å². The van der Waals surface area contributed by atoms with Crippen molar-refractivity contribution in [3.05, 3.63) is 35.5 Å². The van der Waals surface area contributed by atoms with Crippen LogP contribution in [0.4, 0.5) is 0 Å². The zero-order chi connectivity index (χ0) is 14.4. The summed E-state index contributed by atoms with van der Waals surface area (Å²) >= 11 is 0. The summed E-state index contributed by atoms with van der Waals surface area (Å²) in [6.45, 7) is 4.69. The molecule has 0 aliphatic carbocycles. The van der Waals surface area contributed by atoms with E-state index in [1.165, 1.54) is 34.3 Å². The van der Waals surface area contributed by atoms with Gasteiger partial charge in [0.05, 0.1) is 12.0 Å². The number of aromatic nitrogens is 1. The van der Waals surface area contributed by atoms with Gasteiger partial charge in [0, 0.05) is 23.7 Å². The van der Waals surface area contributed by atoms with Gasteiger partial charge in [-0.3, -0.25) is 0 Å². The van der Waals surface area contributed by atoms with Gasteiger partial charge < -0.3 is 10.1 Å². The molecule has 0 fully saturated rings. The van der Waals surface area contributed by atoms with Crippen molar-refractivity contribution in [2.24, 2.45) is 5.41 Å². The molecule has 3 nitrogen and oxygen atoms in total. The standard InChI is InChI=1S/C18H22N2O/c1-2-18(12-21)9-5-10-20-11-8-14-13-6-3-4-7-15(13)19-16(14)17(18)20/h3-4,6-7,21H,2,5,8-12H2,1H3/p+1/t18-/m0/s1. The Morgan fingerprint density at radius 2 is 2.14 bits per heavy atom. The second-order valence-corrected chi connectivity index (χ2v) is 6.51. The first-order chi connectivity index (χ1) is 10.3. The molecule has 21 heavy (non-hydrogen) atoms. The van der Waals surface area contributed by atoms with Crippen LogP contribution in [0.15, 0.2) is 24.3 Å². The predicted octanol–water partition coefficient (Wildman–Crippen LogP) is 2.71. The summed E-state index contributed by atoms with van der Waals surface area (Å²) < 4.78 is 2.51. The van der Waals surface area contributed by atoms with Gasteiger partial charge in [-0.05, 0) is 24.5 Å². The number of hydrogen-bond acceptors (Lipinski definition) is 1. The maximum absolute atomic E-state index is 10.1. The third kappa shape index (κ3) is 1.73. The molecule has 1 atom stereocenters. The molecular weight excluding hydrogens is 260 g/mol. The monoisotopic (exact) mass is 283 g/mol. The molecule has 0 radical (unpaired) electrons. The molecule has 3 heterocycles. The Hall–Kier alpha value is -1.61. The number of nitrogens with zero attached hydrogens (tertiary/aromatic N) is 1. The van der Waals surface area contributed by atoms with Crippen molar-refractivity contribution in [1.29, 1.82) is 0 Å². The lowest BCUT2D eigenvalue weighted by molar-refractivity contribution is -0.538. The molecule has 1 aromatic heterocycles. The fourth-order valence-electron chi connectivity index (χ4n) is 4.34. The molecule has 3 heteroatoms. The van der Waals surface area contributed by atoms with E-state index >= 15 is 0 Å². The predicted molar refractivity (Wildman–Crippen MR) is 85.1 cm³/mol. The Balaban J connectivity index is 1.99. The Kier molecular flexibility index (Phi) is 2.93. The lowest BCUT2D eigenvalue weighted by atomic mass is 9.72. The zero-order valence-corrected chi connectivity index (χ0v) is 12.7. The van der Waals surface area contributed by atoms with Crippen molar-refractivity contribution in [1.82, 2.24) is 4.98 Å². The average Bonchev–Trinajstić information content (AvgIpc) is 2.92. The highest BCUT2D eigenvalue weighted by Gasteiger charge is 2.47. The minimum absolute atomic E-state index is 0.0612. The molecular formula is C18H23N2O+. The number of para-hydroxylation sites is 1. The van der Waals surface area contributed by atoms with E-state index in [9.17, 15) is 5.11 Å². The lowest BCUT2D eigenvalue weighted by Crippen LogP contribution is -2.48. The molecule has 2 N–H and O–H groups in total. The van der Waals surface area contributed by atoms with Crippen LogP contribution in [0, 0.1) is 5.41 Å². The Morgan fingerprint density at radius 3 is 2.95 bits per heavy atom. The number of nitrogens with one attached hydrogen (secondary N) is 1. The van der Waals surface area contributed by atoms with Crippen LogP contribution >= 0.6 is 0 Å². The highest BCUT2D eigenvalue weighted by atomic mass is 16.3. The highest BCUT2D eigenvalue weighted by Crippen LogP contribution is 2.39. The van der Waals surface area contributed by atoms with Crippen molar-refractivity contribution >= 4 is 16.6 Å². The fourth-order valence-corrected chi connectivity index (χ4v) is 4.34. The number of benzene rings is 1. The number of aromatic amines is 1. The molecule has 2 aliphatic rings. The average molecular weight is 283 g/mol. The lowest BCUT2D eigenvalue weighted by Gasteiger charge is -2.35. The first kappa shape index (κ1) is 13.1. The van der Waals surface area contributed by atoms with Crippen LogP contribution in [-0.4, -0.2) is 40.1 Å². The van der Waals surface area contributed by atoms with Crippen molar-refractivity contribution < 1.29 is 9.68 Å². The number of H-pyrrole nitrogens is 1. The number of rotatable bonds is 2. The summed E-state index contributed by atoms with van der Waals surface area (Å²) in [6.07, 6.45) is 4.40. The number of aliphatic hydroxyl groups is 1. The first-order valence-electron chi connectivity index (χ1n) is 8.12. The summed E-state index contributed by atoms with van der Waals surface area (Å²) in [4.78, 5) is 3.65. The number of hydrogen-bond donors (Lipinski definition) is 2. The molecule has 0 amide bonds. The molecule has 0 spiro atoms. The minimum atomic E-state index is -0.0612. The summed E-state index contributed by atoms with van der Waals surface area (Å²) in [5, 5.41) is 11.5. The summed E-state index contributed by atoms with van der Waals surface area (Å²) in [5.74, 6) is 0. The normalized spacial score (nSPS) is 25.0. The quantitative estimate of drug-likeness (QED) is 0.817. The van der Waals surface area contributed by atoms with E-state index in [-0.39, 0.29) is 12.0 Å². The molecule has 0 unspecified atom stereocenters. The maximum atomic E-state index is 10.1.